The lowest BCUT2D eigenvalue weighted by molar-refractivity contribution is 0.110. The molecule has 1 saturated carbocycles. The zero-order valence-corrected chi connectivity index (χ0v) is 8.34. The molecule has 4 N–H and O–H groups in total. The Balaban J connectivity index is 1.86. The fourth-order valence-electron chi connectivity index (χ4n) is 2.29. The number of piperidine rings is 1. The van der Waals surface area contributed by atoms with Gasteiger partial charge in [-0.25, -0.2) is 0 Å². The molecule has 0 aromatic heterocycles. The number of likely N-dealkylation sites (tertiary alicyclic amines) is 1. The fourth-order valence-corrected chi connectivity index (χ4v) is 2.29. The zero-order chi connectivity index (χ0) is 9.31. The number of rotatable bonds is 3. The van der Waals surface area contributed by atoms with E-state index < -0.39 is 0 Å². The van der Waals surface area contributed by atoms with Crippen molar-refractivity contribution in [2.24, 2.45) is 16.9 Å². The molecule has 3 nitrogen and oxygen atoms in total. The van der Waals surface area contributed by atoms with Crippen LogP contribution in [0.25, 0.3) is 0 Å². The maximum atomic E-state index is 5.79. The first kappa shape index (κ1) is 9.44. The van der Waals surface area contributed by atoms with Crippen molar-refractivity contribution in [1.82, 2.24) is 4.90 Å². The van der Waals surface area contributed by atoms with Crippen LogP contribution in [0, 0.1) is 5.41 Å². The van der Waals surface area contributed by atoms with Crippen molar-refractivity contribution in [3.63, 3.8) is 0 Å². The lowest BCUT2D eigenvalue weighted by atomic mass is 9.78. The first-order chi connectivity index (χ1) is 6.29. The van der Waals surface area contributed by atoms with Crippen LogP contribution in [0.4, 0.5) is 0 Å². The molecule has 76 valence electrons. The van der Waals surface area contributed by atoms with Gasteiger partial charge in [0.15, 0.2) is 0 Å². The van der Waals surface area contributed by atoms with Crippen molar-refractivity contribution < 1.29 is 0 Å². The molecule has 1 aliphatic carbocycles. The maximum Gasteiger partial charge on any atom is 0.00964 e. The molecule has 2 aliphatic rings. The van der Waals surface area contributed by atoms with Gasteiger partial charge in [0, 0.05) is 6.04 Å². The molecule has 0 aromatic rings. The quantitative estimate of drug-likeness (QED) is 0.655. The minimum absolute atomic E-state index is 0.269. The Bertz CT molecular complexity index is 163. The van der Waals surface area contributed by atoms with Crippen LogP contribution in [-0.2, 0) is 0 Å². The van der Waals surface area contributed by atoms with Crippen molar-refractivity contribution in [1.29, 1.82) is 0 Å². The molecule has 1 heterocycles. The Kier molecular flexibility index (Phi) is 2.58. The molecule has 0 radical (unpaired) electrons. The van der Waals surface area contributed by atoms with Gasteiger partial charge in [0.05, 0.1) is 0 Å². The molecular weight excluding hydrogens is 162 g/mol. The van der Waals surface area contributed by atoms with Crippen LogP contribution in [0.2, 0.25) is 0 Å². The molecule has 2 fully saturated rings. The lowest BCUT2D eigenvalue weighted by Crippen LogP contribution is -2.48. The van der Waals surface area contributed by atoms with Crippen LogP contribution in [-0.4, -0.2) is 37.1 Å². The van der Waals surface area contributed by atoms with Gasteiger partial charge in [0.2, 0.25) is 0 Å². The summed E-state index contributed by atoms with van der Waals surface area (Å²) in [5, 5.41) is 0. The van der Waals surface area contributed by atoms with E-state index in [0.29, 0.717) is 0 Å². The van der Waals surface area contributed by atoms with Gasteiger partial charge in [-0.05, 0) is 57.3 Å². The summed E-state index contributed by atoms with van der Waals surface area (Å²) < 4.78 is 0. The Morgan fingerprint density at radius 2 is 1.62 bits per heavy atom. The van der Waals surface area contributed by atoms with Crippen LogP contribution in [0.3, 0.4) is 0 Å². The highest BCUT2D eigenvalue weighted by Crippen LogP contribution is 2.35. The third-order valence-electron chi connectivity index (χ3n) is 3.79. The van der Waals surface area contributed by atoms with Crippen molar-refractivity contribution in [2.45, 2.75) is 31.7 Å². The molecule has 13 heavy (non-hydrogen) atoms. The smallest absolute Gasteiger partial charge is 0.00964 e. The molecule has 1 aliphatic heterocycles. The van der Waals surface area contributed by atoms with E-state index in [0.717, 1.165) is 19.1 Å². The number of nitrogens with two attached hydrogens (primary N) is 2. The van der Waals surface area contributed by atoms with Crippen LogP contribution in [0.1, 0.15) is 25.7 Å². The Labute approximate surface area is 80.5 Å². The van der Waals surface area contributed by atoms with Gasteiger partial charge >= 0.3 is 0 Å². The van der Waals surface area contributed by atoms with Gasteiger partial charge in [-0.1, -0.05) is 0 Å². The number of hydrogen-bond donors (Lipinski definition) is 2. The normalized spacial score (nSPS) is 29.1. The summed E-state index contributed by atoms with van der Waals surface area (Å²) in [6, 6.07) is 0.911. The molecule has 1 saturated heterocycles. The predicted octanol–water partition coefficient (Wildman–Crippen LogP) is 0.148. The SMILES string of the molecule is NCC1(CN)CCN(C2CC2)CC1. The first-order valence-corrected chi connectivity index (χ1v) is 5.44. The topological polar surface area (TPSA) is 55.3 Å². The third kappa shape index (κ3) is 1.87. The predicted molar refractivity (Wildman–Crippen MR) is 54.4 cm³/mol. The van der Waals surface area contributed by atoms with Crippen molar-refractivity contribution in [2.75, 3.05) is 26.2 Å². The summed E-state index contributed by atoms with van der Waals surface area (Å²) in [5.74, 6) is 0. The second-order valence-corrected chi connectivity index (χ2v) is 4.68. The van der Waals surface area contributed by atoms with Gasteiger partial charge in [0.1, 0.15) is 0 Å². The average molecular weight is 183 g/mol. The summed E-state index contributed by atoms with van der Waals surface area (Å²) in [5.41, 5.74) is 11.8. The summed E-state index contributed by atoms with van der Waals surface area (Å²) in [6.07, 6.45) is 5.24. The monoisotopic (exact) mass is 183 g/mol. The van der Waals surface area contributed by atoms with E-state index in [1.807, 2.05) is 0 Å². The Morgan fingerprint density at radius 1 is 1.08 bits per heavy atom. The highest BCUT2D eigenvalue weighted by atomic mass is 15.2. The van der Waals surface area contributed by atoms with E-state index >= 15 is 0 Å². The largest absolute Gasteiger partial charge is 0.330 e. The van der Waals surface area contributed by atoms with Gasteiger partial charge in [-0.2, -0.15) is 0 Å². The first-order valence-electron chi connectivity index (χ1n) is 5.44. The van der Waals surface area contributed by atoms with Gasteiger partial charge < -0.3 is 16.4 Å². The highest BCUT2D eigenvalue weighted by Gasteiger charge is 2.37. The summed E-state index contributed by atoms with van der Waals surface area (Å²) in [6.45, 7) is 3.97. The van der Waals surface area contributed by atoms with Gasteiger partial charge in [-0.15, -0.1) is 0 Å². The average Bonchev–Trinajstić information content (AvgIpc) is 3.02. The van der Waals surface area contributed by atoms with E-state index in [9.17, 15) is 0 Å². The highest BCUT2D eigenvalue weighted by molar-refractivity contribution is 4.93. The van der Waals surface area contributed by atoms with Crippen LogP contribution < -0.4 is 11.5 Å². The second-order valence-electron chi connectivity index (χ2n) is 4.68. The maximum absolute atomic E-state index is 5.79. The summed E-state index contributed by atoms with van der Waals surface area (Å²) in [7, 11) is 0. The minimum Gasteiger partial charge on any atom is -0.330 e. The van der Waals surface area contributed by atoms with Gasteiger partial charge in [0.25, 0.3) is 0 Å². The van der Waals surface area contributed by atoms with Crippen LogP contribution >= 0.6 is 0 Å². The van der Waals surface area contributed by atoms with E-state index in [1.165, 1.54) is 38.8 Å². The molecule has 2 rings (SSSR count). The van der Waals surface area contributed by atoms with Crippen molar-refractivity contribution in [3.8, 4) is 0 Å². The number of nitrogens with zero attached hydrogens (tertiary/aromatic N) is 1. The Morgan fingerprint density at radius 3 is 2.00 bits per heavy atom. The summed E-state index contributed by atoms with van der Waals surface area (Å²) >= 11 is 0. The molecule has 0 amide bonds. The molecule has 0 bridgehead atoms. The number of hydrogen-bond acceptors (Lipinski definition) is 3. The van der Waals surface area contributed by atoms with E-state index in [2.05, 4.69) is 4.90 Å². The van der Waals surface area contributed by atoms with E-state index in [4.69, 9.17) is 11.5 Å². The second kappa shape index (κ2) is 3.56. The zero-order valence-electron chi connectivity index (χ0n) is 8.34. The lowest BCUT2D eigenvalue weighted by Gasteiger charge is -2.40. The molecular formula is C10H21N3. The molecule has 0 spiro atoms. The van der Waals surface area contributed by atoms with Crippen LogP contribution in [0.15, 0.2) is 0 Å². The summed E-state index contributed by atoms with van der Waals surface area (Å²) in [4.78, 5) is 2.61. The Hall–Kier alpha value is -0.120. The molecule has 0 aromatic carbocycles. The van der Waals surface area contributed by atoms with Crippen molar-refractivity contribution >= 4 is 0 Å². The molecule has 0 unspecified atom stereocenters. The van der Waals surface area contributed by atoms with E-state index in [1.54, 1.807) is 0 Å². The van der Waals surface area contributed by atoms with Gasteiger partial charge in [-0.3, -0.25) is 0 Å². The minimum atomic E-state index is 0.269. The fraction of sp³-hybridized carbons (Fsp3) is 1.00. The standard InChI is InChI=1S/C10H21N3/c11-7-10(8-12)3-5-13(6-4-10)9-1-2-9/h9H,1-8,11-12H2. The third-order valence-corrected chi connectivity index (χ3v) is 3.79. The van der Waals surface area contributed by atoms with E-state index in [-0.39, 0.29) is 5.41 Å². The molecule has 0 atom stereocenters. The van der Waals surface area contributed by atoms with Crippen molar-refractivity contribution in [3.05, 3.63) is 0 Å². The van der Waals surface area contributed by atoms with Crippen LogP contribution in [0.5, 0.6) is 0 Å². The molecule has 3 heteroatoms.